The Morgan fingerprint density at radius 2 is 1.86 bits per heavy atom. The predicted octanol–water partition coefficient (Wildman–Crippen LogP) is 2.58. The summed E-state index contributed by atoms with van der Waals surface area (Å²) in [6.45, 7) is 13.5. The molecule has 1 atom stereocenters. The van der Waals surface area contributed by atoms with Crippen molar-refractivity contribution in [3.63, 3.8) is 0 Å². The van der Waals surface area contributed by atoms with Gasteiger partial charge in [0.1, 0.15) is 0 Å². The van der Waals surface area contributed by atoms with Crippen molar-refractivity contribution in [3.8, 4) is 0 Å². The number of guanidine groups is 1. The first-order valence-corrected chi connectivity index (χ1v) is 7.38. The van der Waals surface area contributed by atoms with Crippen molar-refractivity contribution in [1.82, 2.24) is 20.4 Å². The molecule has 0 saturated heterocycles. The van der Waals surface area contributed by atoms with Crippen molar-refractivity contribution in [1.29, 1.82) is 0 Å². The van der Waals surface area contributed by atoms with E-state index in [0.717, 1.165) is 31.3 Å². The van der Waals surface area contributed by atoms with Crippen LogP contribution < -0.4 is 10.6 Å². The topological polar surface area (TPSA) is 54.2 Å². The van der Waals surface area contributed by atoms with Crippen LogP contribution in [0.1, 0.15) is 32.2 Å². The molecule has 1 aromatic rings. The highest BCUT2D eigenvalue weighted by Gasteiger charge is 2.08. The highest BCUT2D eigenvalue weighted by molar-refractivity contribution is 14.0. The van der Waals surface area contributed by atoms with Gasteiger partial charge in [-0.05, 0) is 31.7 Å². The first kappa shape index (κ1) is 20.2. The lowest BCUT2D eigenvalue weighted by Gasteiger charge is -2.17. The lowest BCUT2D eigenvalue weighted by Crippen LogP contribution is -2.41. The largest absolute Gasteiger partial charge is 0.356 e. The van der Waals surface area contributed by atoms with Crippen molar-refractivity contribution in [2.45, 2.75) is 41.2 Å². The smallest absolute Gasteiger partial charge is 0.190 e. The van der Waals surface area contributed by atoms with Gasteiger partial charge in [-0.25, -0.2) is 0 Å². The number of aliphatic imine (C=N–C) groups is 1. The van der Waals surface area contributed by atoms with Crippen molar-refractivity contribution in [2.75, 3.05) is 20.1 Å². The Morgan fingerprint density at radius 3 is 2.33 bits per heavy atom. The van der Waals surface area contributed by atoms with Gasteiger partial charge >= 0.3 is 0 Å². The Labute approximate surface area is 146 Å². The summed E-state index contributed by atoms with van der Waals surface area (Å²) in [7, 11) is 1.81. The van der Waals surface area contributed by atoms with Gasteiger partial charge in [-0.1, -0.05) is 20.8 Å². The number of nitrogens with zero attached hydrogens (tertiary/aromatic N) is 3. The summed E-state index contributed by atoms with van der Waals surface area (Å²) in [6, 6.07) is 2.11. The monoisotopic (exact) mass is 407 g/mol. The second kappa shape index (κ2) is 10.0. The third-order valence-corrected chi connectivity index (χ3v) is 3.11. The lowest BCUT2D eigenvalue weighted by molar-refractivity contribution is 0.435. The molecule has 1 heterocycles. The molecular formula is C15H30IN5. The van der Waals surface area contributed by atoms with Crippen LogP contribution >= 0.6 is 24.0 Å². The molecule has 0 fully saturated rings. The van der Waals surface area contributed by atoms with Crippen LogP contribution in [0.25, 0.3) is 0 Å². The van der Waals surface area contributed by atoms with Gasteiger partial charge in [0, 0.05) is 32.4 Å². The normalized spacial score (nSPS) is 13.0. The van der Waals surface area contributed by atoms with Crippen LogP contribution in [0.3, 0.4) is 0 Å². The SMILES string of the molecule is CN=C(NCC(C)C)NCC(C)Cn1nc(C)cc1C.I. The molecule has 5 nitrogen and oxygen atoms in total. The van der Waals surface area contributed by atoms with Crippen LogP contribution in [-0.4, -0.2) is 35.9 Å². The molecule has 0 radical (unpaired) electrons. The average Bonchev–Trinajstić information content (AvgIpc) is 2.67. The Kier molecular flexibility index (Phi) is 9.65. The summed E-state index contributed by atoms with van der Waals surface area (Å²) < 4.78 is 2.08. The summed E-state index contributed by atoms with van der Waals surface area (Å²) in [5.41, 5.74) is 2.30. The lowest BCUT2D eigenvalue weighted by atomic mass is 10.2. The van der Waals surface area contributed by atoms with Gasteiger partial charge in [0.25, 0.3) is 0 Å². The molecule has 21 heavy (non-hydrogen) atoms. The molecular weight excluding hydrogens is 377 g/mol. The molecule has 0 saturated carbocycles. The average molecular weight is 407 g/mol. The minimum atomic E-state index is 0. The van der Waals surface area contributed by atoms with Gasteiger partial charge in [-0.3, -0.25) is 9.67 Å². The molecule has 1 rings (SSSR count). The number of rotatable bonds is 6. The highest BCUT2D eigenvalue weighted by atomic mass is 127. The summed E-state index contributed by atoms with van der Waals surface area (Å²) in [5.74, 6) is 1.98. The number of aromatic nitrogens is 2. The maximum absolute atomic E-state index is 4.50. The van der Waals surface area contributed by atoms with E-state index in [0.29, 0.717) is 11.8 Å². The van der Waals surface area contributed by atoms with Crippen LogP contribution in [0.4, 0.5) is 0 Å². The van der Waals surface area contributed by atoms with Crippen LogP contribution in [0.5, 0.6) is 0 Å². The second-order valence-electron chi connectivity index (χ2n) is 5.94. The zero-order chi connectivity index (χ0) is 15.1. The summed E-state index contributed by atoms with van der Waals surface area (Å²) in [4.78, 5) is 4.23. The zero-order valence-electron chi connectivity index (χ0n) is 14.1. The first-order valence-electron chi connectivity index (χ1n) is 7.38. The molecule has 2 N–H and O–H groups in total. The fourth-order valence-electron chi connectivity index (χ4n) is 2.01. The number of hydrogen-bond donors (Lipinski definition) is 2. The summed E-state index contributed by atoms with van der Waals surface area (Å²) in [6.07, 6.45) is 0. The molecule has 0 aliphatic rings. The zero-order valence-corrected chi connectivity index (χ0v) is 16.4. The molecule has 122 valence electrons. The fraction of sp³-hybridized carbons (Fsp3) is 0.733. The molecule has 1 aromatic heterocycles. The minimum Gasteiger partial charge on any atom is -0.356 e. The summed E-state index contributed by atoms with van der Waals surface area (Å²) >= 11 is 0. The molecule has 0 amide bonds. The third kappa shape index (κ3) is 7.68. The molecule has 1 unspecified atom stereocenters. The molecule has 0 spiro atoms. The molecule has 6 heteroatoms. The number of hydrogen-bond acceptors (Lipinski definition) is 2. The van der Waals surface area contributed by atoms with Crippen LogP contribution in [0, 0.1) is 25.7 Å². The third-order valence-electron chi connectivity index (χ3n) is 3.11. The van der Waals surface area contributed by atoms with Gasteiger partial charge in [-0.15, -0.1) is 24.0 Å². The Morgan fingerprint density at radius 1 is 1.24 bits per heavy atom. The van der Waals surface area contributed by atoms with E-state index in [9.17, 15) is 0 Å². The van der Waals surface area contributed by atoms with E-state index < -0.39 is 0 Å². The Balaban J connectivity index is 0.00000400. The highest BCUT2D eigenvalue weighted by Crippen LogP contribution is 2.05. The van der Waals surface area contributed by atoms with E-state index in [4.69, 9.17) is 0 Å². The molecule has 0 aliphatic carbocycles. The van der Waals surface area contributed by atoms with Gasteiger partial charge in [0.15, 0.2) is 5.96 Å². The van der Waals surface area contributed by atoms with E-state index in [2.05, 4.69) is 59.2 Å². The Hall–Kier alpha value is -0.790. The minimum absolute atomic E-state index is 0. The molecule has 0 aromatic carbocycles. The molecule has 0 aliphatic heterocycles. The summed E-state index contributed by atoms with van der Waals surface area (Å²) in [5, 5.41) is 11.2. The van der Waals surface area contributed by atoms with Gasteiger partial charge < -0.3 is 10.6 Å². The fourth-order valence-corrected chi connectivity index (χ4v) is 2.01. The van der Waals surface area contributed by atoms with E-state index in [1.807, 2.05) is 6.92 Å². The number of aryl methyl sites for hydroxylation is 2. The van der Waals surface area contributed by atoms with E-state index in [1.165, 1.54) is 5.69 Å². The molecule has 0 bridgehead atoms. The van der Waals surface area contributed by atoms with Crippen molar-refractivity contribution >= 4 is 29.9 Å². The standard InChI is InChI=1S/C15H29N5.HI/c1-11(2)8-17-15(16-6)18-9-12(3)10-20-14(5)7-13(4)19-20;/h7,11-12H,8-10H2,1-6H3,(H2,16,17,18);1H. The van der Waals surface area contributed by atoms with E-state index >= 15 is 0 Å². The van der Waals surface area contributed by atoms with Crippen LogP contribution in [0.15, 0.2) is 11.1 Å². The van der Waals surface area contributed by atoms with E-state index in [1.54, 1.807) is 7.05 Å². The second-order valence-corrected chi connectivity index (χ2v) is 5.94. The first-order chi connectivity index (χ1) is 9.42. The maximum Gasteiger partial charge on any atom is 0.190 e. The number of nitrogens with one attached hydrogen (secondary N) is 2. The van der Waals surface area contributed by atoms with Crippen LogP contribution in [0.2, 0.25) is 0 Å². The van der Waals surface area contributed by atoms with Crippen molar-refractivity contribution < 1.29 is 0 Å². The number of halogens is 1. The van der Waals surface area contributed by atoms with Gasteiger partial charge in [0.05, 0.1) is 5.69 Å². The Bertz CT molecular complexity index is 439. The quantitative estimate of drug-likeness (QED) is 0.433. The van der Waals surface area contributed by atoms with E-state index in [-0.39, 0.29) is 24.0 Å². The maximum atomic E-state index is 4.50. The van der Waals surface area contributed by atoms with Crippen LogP contribution in [-0.2, 0) is 6.54 Å². The van der Waals surface area contributed by atoms with Crippen molar-refractivity contribution in [3.05, 3.63) is 17.5 Å². The van der Waals surface area contributed by atoms with Gasteiger partial charge in [0.2, 0.25) is 0 Å². The van der Waals surface area contributed by atoms with Crippen molar-refractivity contribution in [2.24, 2.45) is 16.8 Å². The van der Waals surface area contributed by atoms with Gasteiger partial charge in [-0.2, -0.15) is 5.10 Å². The predicted molar refractivity (Wildman–Crippen MR) is 100 cm³/mol.